The predicted octanol–water partition coefficient (Wildman–Crippen LogP) is 1.07. The number of aromatic nitrogens is 3. The molecule has 0 aliphatic heterocycles. The van der Waals surface area contributed by atoms with Crippen LogP contribution in [0, 0.1) is 0 Å². The Morgan fingerprint density at radius 3 is 2.70 bits per heavy atom. The van der Waals surface area contributed by atoms with Gasteiger partial charge >= 0.3 is 5.69 Å². The molecule has 0 atom stereocenters. The second-order valence-electron chi connectivity index (χ2n) is 5.67. The van der Waals surface area contributed by atoms with Crippen LogP contribution in [0.4, 0.5) is 0 Å². The number of rotatable bonds is 6. The number of carbonyl (C=O) groups excluding carboxylic acids is 1. The van der Waals surface area contributed by atoms with Crippen LogP contribution in [0.1, 0.15) is 29.6 Å². The monoisotopic (exact) mass is 316 g/mol. The van der Waals surface area contributed by atoms with Gasteiger partial charge in [0, 0.05) is 24.7 Å². The molecule has 2 N–H and O–H groups in total. The number of ether oxygens (including phenoxy) is 1. The van der Waals surface area contributed by atoms with E-state index in [9.17, 15) is 9.59 Å². The third-order valence-corrected chi connectivity index (χ3v) is 4.08. The minimum atomic E-state index is -0.270. The van der Waals surface area contributed by atoms with Crippen LogP contribution in [-0.4, -0.2) is 39.9 Å². The number of hydrogen-bond donors (Lipinski definition) is 2. The molecule has 1 fully saturated rings. The fraction of sp³-hybridized carbons (Fsp3) is 0.438. The number of aromatic amines is 1. The Morgan fingerprint density at radius 1 is 1.39 bits per heavy atom. The molecule has 1 aromatic carbocycles. The molecule has 1 heterocycles. The Kier molecular flexibility index (Phi) is 4.57. The van der Waals surface area contributed by atoms with Gasteiger partial charge in [-0.25, -0.2) is 9.89 Å². The summed E-state index contributed by atoms with van der Waals surface area (Å²) in [6.45, 7) is 1.05. The molecule has 0 bridgehead atoms. The molecule has 1 aliphatic rings. The lowest BCUT2D eigenvalue weighted by Gasteiger charge is -2.25. The number of H-pyrrole nitrogens is 1. The molecule has 0 saturated heterocycles. The van der Waals surface area contributed by atoms with Crippen LogP contribution in [-0.2, 0) is 11.8 Å². The number of carbonyl (C=O) groups is 1. The van der Waals surface area contributed by atoms with Crippen molar-refractivity contribution in [2.45, 2.75) is 25.4 Å². The lowest BCUT2D eigenvalue weighted by Crippen LogP contribution is -2.30. The highest BCUT2D eigenvalue weighted by Crippen LogP contribution is 2.21. The van der Waals surface area contributed by atoms with Crippen molar-refractivity contribution in [1.82, 2.24) is 20.1 Å². The van der Waals surface area contributed by atoms with E-state index >= 15 is 0 Å². The summed E-state index contributed by atoms with van der Waals surface area (Å²) in [5.41, 5.74) is 1.07. The standard InChI is InChI=1S/C16H20N4O3/c1-20-14(18-19-16(20)22)11-5-7-12(8-6-11)15(21)17-9-10-23-13-3-2-4-13/h5-8,13H,2-4,9-10H2,1H3,(H,17,21)(H,19,22). The van der Waals surface area contributed by atoms with Crippen LogP contribution < -0.4 is 11.0 Å². The quantitative estimate of drug-likeness (QED) is 0.780. The molecule has 7 heteroatoms. The summed E-state index contributed by atoms with van der Waals surface area (Å²) in [7, 11) is 1.64. The molecule has 23 heavy (non-hydrogen) atoms. The van der Waals surface area contributed by atoms with Crippen molar-refractivity contribution in [2.75, 3.05) is 13.2 Å². The van der Waals surface area contributed by atoms with Crippen LogP contribution in [0.3, 0.4) is 0 Å². The van der Waals surface area contributed by atoms with Gasteiger partial charge in [-0.15, -0.1) is 0 Å². The first-order chi connectivity index (χ1) is 11.1. The maximum Gasteiger partial charge on any atom is 0.343 e. The highest BCUT2D eigenvalue weighted by Gasteiger charge is 2.17. The van der Waals surface area contributed by atoms with Crippen molar-refractivity contribution < 1.29 is 9.53 Å². The van der Waals surface area contributed by atoms with Crippen LogP contribution in [0.25, 0.3) is 11.4 Å². The summed E-state index contributed by atoms with van der Waals surface area (Å²) in [6, 6.07) is 6.98. The summed E-state index contributed by atoms with van der Waals surface area (Å²) >= 11 is 0. The molecule has 122 valence electrons. The summed E-state index contributed by atoms with van der Waals surface area (Å²) in [5, 5.41) is 9.19. The Balaban J connectivity index is 1.54. The number of nitrogens with zero attached hydrogens (tertiary/aromatic N) is 2. The second-order valence-corrected chi connectivity index (χ2v) is 5.67. The van der Waals surface area contributed by atoms with Crippen molar-refractivity contribution in [2.24, 2.45) is 7.05 Å². The largest absolute Gasteiger partial charge is 0.376 e. The smallest absolute Gasteiger partial charge is 0.343 e. The van der Waals surface area contributed by atoms with E-state index in [2.05, 4.69) is 15.5 Å². The molecule has 0 unspecified atom stereocenters. The highest BCUT2D eigenvalue weighted by molar-refractivity contribution is 5.94. The number of nitrogens with one attached hydrogen (secondary N) is 2. The zero-order valence-electron chi connectivity index (χ0n) is 13.0. The van der Waals surface area contributed by atoms with E-state index in [0.29, 0.717) is 30.6 Å². The second kappa shape index (κ2) is 6.78. The Labute approximate surface area is 133 Å². The van der Waals surface area contributed by atoms with Gasteiger partial charge in [0.15, 0.2) is 5.82 Å². The van der Waals surface area contributed by atoms with E-state index in [0.717, 1.165) is 18.4 Å². The van der Waals surface area contributed by atoms with E-state index in [1.165, 1.54) is 11.0 Å². The van der Waals surface area contributed by atoms with Crippen molar-refractivity contribution in [3.63, 3.8) is 0 Å². The van der Waals surface area contributed by atoms with Crippen molar-refractivity contribution in [3.8, 4) is 11.4 Å². The summed E-state index contributed by atoms with van der Waals surface area (Å²) in [6.07, 6.45) is 3.88. The SMILES string of the molecule is Cn1c(-c2ccc(C(=O)NCCOC3CCC3)cc2)n[nH]c1=O. The molecule has 0 radical (unpaired) electrons. The zero-order chi connectivity index (χ0) is 16.2. The number of benzene rings is 1. The summed E-state index contributed by atoms with van der Waals surface area (Å²) in [5.74, 6) is 0.403. The van der Waals surface area contributed by atoms with Crippen molar-refractivity contribution in [3.05, 3.63) is 40.3 Å². The maximum atomic E-state index is 12.0. The van der Waals surface area contributed by atoms with Gasteiger partial charge < -0.3 is 10.1 Å². The molecule has 3 rings (SSSR count). The molecule has 1 aromatic heterocycles. The van der Waals surface area contributed by atoms with E-state index in [1.807, 2.05) is 0 Å². The number of hydrogen-bond acceptors (Lipinski definition) is 4. The minimum Gasteiger partial charge on any atom is -0.376 e. The van der Waals surface area contributed by atoms with E-state index < -0.39 is 0 Å². The van der Waals surface area contributed by atoms with Crippen LogP contribution in [0.5, 0.6) is 0 Å². The van der Waals surface area contributed by atoms with E-state index in [4.69, 9.17) is 4.74 Å². The Bertz CT molecular complexity index is 729. The third kappa shape index (κ3) is 3.50. The first-order valence-electron chi connectivity index (χ1n) is 7.77. The van der Waals surface area contributed by atoms with Crippen molar-refractivity contribution >= 4 is 5.91 Å². The van der Waals surface area contributed by atoms with Crippen LogP contribution in [0.2, 0.25) is 0 Å². The maximum absolute atomic E-state index is 12.0. The zero-order valence-corrected chi connectivity index (χ0v) is 13.0. The minimum absolute atomic E-state index is 0.135. The van der Waals surface area contributed by atoms with Gasteiger partial charge in [0.1, 0.15) is 0 Å². The molecule has 7 nitrogen and oxygen atoms in total. The topological polar surface area (TPSA) is 89.0 Å². The van der Waals surface area contributed by atoms with Gasteiger partial charge in [0.05, 0.1) is 12.7 Å². The van der Waals surface area contributed by atoms with E-state index in [1.54, 1.807) is 31.3 Å². The molecular formula is C16H20N4O3. The molecule has 1 amide bonds. The summed E-state index contributed by atoms with van der Waals surface area (Å²) in [4.78, 5) is 23.4. The van der Waals surface area contributed by atoms with Gasteiger partial charge in [-0.3, -0.25) is 9.36 Å². The lowest BCUT2D eigenvalue weighted by molar-refractivity contribution is 0.00440. The molecule has 0 spiro atoms. The fourth-order valence-electron chi connectivity index (χ4n) is 2.41. The highest BCUT2D eigenvalue weighted by atomic mass is 16.5. The van der Waals surface area contributed by atoms with Crippen molar-refractivity contribution in [1.29, 1.82) is 0 Å². The lowest BCUT2D eigenvalue weighted by atomic mass is 9.96. The average molecular weight is 316 g/mol. The Hall–Kier alpha value is -2.41. The van der Waals surface area contributed by atoms with Crippen LogP contribution >= 0.6 is 0 Å². The van der Waals surface area contributed by atoms with Gasteiger partial charge in [-0.05, 0) is 31.4 Å². The first-order valence-corrected chi connectivity index (χ1v) is 7.77. The van der Waals surface area contributed by atoms with Gasteiger partial charge in [-0.1, -0.05) is 12.1 Å². The van der Waals surface area contributed by atoms with Gasteiger partial charge in [0.25, 0.3) is 5.91 Å². The number of amides is 1. The normalized spacial score (nSPS) is 14.5. The van der Waals surface area contributed by atoms with E-state index in [-0.39, 0.29) is 11.6 Å². The molecule has 2 aromatic rings. The first kappa shape index (κ1) is 15.5. The Morgan fingerprint density at radius 2 is 2.13 bits per heavy atom. The summed E-state index contributed by atoms with van der Waals surface area (Å²) < 4.78 is 7.02. The average Bonchev–Trinajstić information content (AvgIpc) is 2.85. The van der Waals surface area contributed by atoms with Gasteiger partial charge in [0.2, 0.25) is 0 Å². The fourth-order valence-corrected chi connectivity index (χ4v) is 2.41. The third-order valence-electron chi connectivity index (χ3n) is 4.08. The molecule has 1 saturated carbocycles. The van der Waals surface area contributed by atoms with Crippen LogP contribution in [0.15, 0.2) is 29.1 Å². The molecule has 1 aliphatic carbocycles. The molecular weight excluding hydrogens is 296 g/mol. The predicted molar refractivity (Wildman–Crippen MR) is 85.2 cm³/mol. The van der Waals surface area contributed by atoms with Gasteiger partial charge in [-0.2, -0.15) is 5.10 Å².